The molecule has 2 heterocycles. The van der Waals surface area contributed by atoms with Crippen molar-refractivity contribution < 1.29 is 14.7 Å². The largest absolute Gasteiger partial charge is 0.392 e. The van der Waals surface area contributed by atoms with Crippen LogP contribution < -0.4 is 0 Å². The SMILES string of the molecule is CCCN(Cc1ncc(-c2ccc(-c3ccc(-c4cnc(CN(CCC)C(=O)CC(C)C)[nH]4)cc3CO)cc2)[nH]1)C(=O)CC(C)C. The number of aliphatic hydroxyl groups is 1. The summed E-state index contributed by atoms with van der Waals surface area (Å²) in [6, 6.07) is 14.2. The van der Waals surface area contributed by atoms with E-state index in [2.05, 4.69) is 61.5 Å². The first-order valence-electron chi connectivity index (χ1n) is 16.6. The topological polar surface area (TPSA) is 118 Å². The normalized spacial score (nSPS) is 11.4. The number of aromatic nitrogens is 4. The molecule has 0 fully saturated rings. The van der Waals surface area contributed by atoms with Crippen molar-refractivity contribution in [2.75, 3.05) is 13.1 Å². The Labute approximate surface area is 273 Å². The van der Waals surface area contributed by atoms with Crippen molar-refractivity contribution in [3.8, 4) is 33.6 Å². The summed E-state index contributed by atoms with van der Waals surface area (Å²) in [6.45, 7) is 14.6. The van der Waals surface area contributed by atoms with Crippen LogP contribution >= 0.6 is 0 Å². The Morgan fingerprint density at radius 2 is 1.17 bits per heavy atom. The summed E-state index contributed by atoms with van der Waals surface area (Å²) in [5.41, 5.74) is 6.42. The van der Waals surface area contributed by atoms with Crippen molar-refractivity contribution in [1.82, 2.24) is 29.7 Å². The highest BCUT2D eigenvalue weighted by atomic mass is 16.3. The average Bonchev–Trinajstić information content (AvgIpc) is 3.70. The third-order valence-corrected chi connectivity index (χ3v) is 7.89. The standard InChI is InChI=1S/C37H50N6O3/c1-7-15-42(36(45)17-25(3)4)22-34-38-20-32(40-34)28-11-9-27(10-12-28)31-14-13-29(19-30(31)24-44)33-21-39-35(41-33)23-43(16-8-2)37(46)18-26(5)6/h9-14,19-21,25-26,44H,7-8,15-18,22-24H2,1-6H3,(H,38,40)(H,39,41). The molecule has 2 aromatic heterocycles. The van der Waals surface area contributed by atoms with E-state index >= 15 is 0 Å². The molecule has 2 amide bonds. The lowest BCUT2D eigenvalue weighted by Gasteiger charge is -2.22. The predicted octanol–water partition coefficient (Wildman–Crippen LogP) is 7.20. The molecule has 0 unspecified atom stereocenters. The lowest BCUT2D eigenvalue weighted by atomic mass is 9.96. The van der Waals surface area contributed by atoms with Gasteiger partial charge in [0.15, 0.2) is 0 Å². The molecule has 0 saturated carbocycles. The van der Waals surface area contributed by atoms with E-state index in [1.165, 1.54) is 0 Å². The Morgan fingerprint density at radius 1 is 0.717 bits per heavy atom. The smallest absolute Gasteiger partial charge is 0.223 e. The summed E-state index contributed by atoms with van der Waals surface area (Å²) in [4.78, 5) is 45.1. The van der Waals surface area contributed by atoms with Gasteiger partial charge in [0, 0.05) is 25.9 Å². The number of benzene rings is 2. The fraction of sp³-hybridized carbons (Fsp3) is 0.459. The molecule has 4 rings (SSSR count). The van der Waals surface area contributed by atoms with E-state index in [0.29, 0.717) is 50.9 Å². The second-order valence-corrected chi connectivity index (χ2v) is 12.9. The number of aromatic amines is 2. The molecule has 0 aliphatic carbocycles. The minimum atomic E-state index is -0.104. The van der Waals surface area contributed by atoms with Crippen molar-refractivity contribution >= 4 is 11.8 Å². The first-order chi connectivity index (χ1) is 22.1. The second-order valence-electron chi connectivity index (χ2n) is 12.9. The van der Waals surface area contributed by atoms with Crippen LogP contribution in [0.4, 0.5) is 0 Å². The fourth-order valence-corrected chi connectivity index (χ4v) is 5.62. The number of imidazole rings is 2. The van der Waals surface area contributed by atoms with Gasteiger partial charge in [-0.15, -0.1) is 0 Å². The van der Waals surface area contributed by atoms with E-state index in [4.69, 9.17) is 0 Å². The number of hydrogen-bond acceptors (Lipinski definition) is 5. The van der Waals surface area contributed by atoms with E-state index in [1.807, 2.05) is 58.5 Å². The number of aliphatic hydroxyl groups excluding tert-OH is 1. The molecule has 0 aliphatic rings. The molecule has 3 N–H and O–H groups in total. The summed E-state index contributed by atoms with van der Waals surface area (Å²) in [7, 11) is 0. The quantitative estimate of drug-likeness (QED) is 0.122. The van der Waals surface area contributed by atoms with Gasteiger partial charge in [-0.05, 0) is 58.6 Å². The van der Waals surface area contributed by atoms with Gasteiger partial charge in [-0.1, -0.05) is 77.9 Å². The second kappa shape index (κ2) is 16.4. The first kappa shape index (κ1) is 34.6. The summed E-state index contributed by atoms with van der Waals surface area (Å²) < 4.78 is 0. The van der Waals surface area contributed by atoms with Crippen LogP contribution in [0.5, 0.6) is 0 Å². The predicted molar refractivity (Wildman–Crippen MR) is 183 cm³/mol. The van der Waals surface area contributed by atoms with Gasteiger partial charge in [-0.2, -0.15) is 0 Å². The maximum absolute atomic E-state index is 12.7. The molecule has 2 aromatic carbocycles. The van der Waals surface area contributed by atoms with Crippen LogP contribution in [0.1, 0.15) is 84.4 Å². The summed E-state index contributed by atoms with van der Waals surface area (Å²) >= 11 is 0. The highest BCUT2D eigenvalue weighted by molar-refractivity contribution is 5.77. The van der Waals surface area contributed by atoms with Crippen molar-refractivity contribution in [1.29, 1.82) is 0 Å². The van der Waals surface area contributed by atoms with E-state index in [9.17, 15) is 14.7 Å². The zero-order valence-corrected chi connectivity index (χ0v) is 28.3. The van der Waals surface area contributed by atoms with Crippen LogP contribution in [0.25, 0.3) is 33.6 Å². The number of rotatable bonds is 16. The first-order valence-corrected chi connectivity index (χ1v) is 16.6. The molecule has 246 valence electrons. The van der Waals surface area contributed by atoms with Gasteiger partial charge in [0.05, 0.1) is 43.5 Å². The van der Waals surface area contributed by atoms with E-state index in [1.54, 1.807) is 6.20 Å². The van der Waals surface area contributed by atoms with Gasteiger partial charge in [0.1, 0.15) is 11.6 Å². The van der Waals surface area contributed by atoms with Gasteiger partial charge in [0.25, 0.3) is 0 Å². The van der Waals surface area contributed by atoms with Crippen molar-refractivity contribution in [3.05, 3.63) is 72.1 Å². The summed E-state index contributed by atoms with van der Waals surface area (Å²) in [5, 5.41) is 10.3. The van der Waals surface area contributed by atoms with Gasteiger partial charge in [-0.3, -0.25) is 9.59 Å². The molecule has 9 nitrogen and oxygen atoms in total. The number of nitrogens with one attached hydrogen (secondary N) is 2. The maximum Gasteiger partial charge on any atom is 0.223 e. The zero-order valence-electron chi connectivity index (χ0n) is 28.3. The molecule has 0 bridgehead atoms. The van der Waals surface area contributed by atoms with E-state index in [0.717, 1.165) is 63.7 Å². The Morgan fingerprint density at radius 3 is 1.63 bits per heavy atom. The van der Waals surface area contributed by atoms with Crippen LogP contribution in [0.3, 0.4) is 0 Å². The zero-order chi connectivity index (χ0) is 33.2. The molecule has 46 heavy (non-hydrogen) atoms. The van der Waals surface area contributed by atoms with Crippen molar-refractivity contribution in [3.63, 3.8) is 0 Å². The molecular formula is C37H50N6O3. The Bertz CT molecular complexity index is 1570. The van der Waals surface area contributed by atoms with Crippen molar-refractivity contribution in [2.45, 2.75) is 86.9 Å². The van der Waals surface area contributed by atoms with Crippen LogP contribution in [0, 0.1) is 11.8 Å². The minimum Gasteiger partial charge on any atom is -0.392 e. The number of H-pyrrole nitrogens is 2. The molecule has 4 aromatic rings. The molecule has 0 radical (unpaired) electrons. The Kier molecular flexibility index (Phi) is 12.3. The van der Waals surface area contributed by atoms with Crippen LogP contribution in [0.15, 0.2) is 54.9 Å². The maximum atomic E-state index is 12.7. The number of carbonyl (C=O) groups is 2. The lowest BCUT2D eigenvalue weighted by molar-refractivity contribution is -0.133. The minimum absolute atomic E-state index is 0.104. The average molecular weight is 627 g/mol. The van der Waals surface area contributed by atoms with E-state index < -0.39 is 0 Å². The molecule has 0 spiro atoms. The molecular weight excluding hydrogens is 576 g/mol. The molecule has 9 heteroatoms. The van der Waals surface area contributed by atoms with Gasteiger partial charge in [0.2, 0.25) is 11.8 Å². The van der Waals surface area contributed by atoms with Gasteiger partial charge >= 0.3 is 0 Å². The lowest BCUT2D eigenvalue weighted by Crippen LogP contribution is -2.32. The number of amides is 2. The molecule has 0 atom stereocenters. The summed E-state index contributed by atoms with van der Waals surface area (Å²) in [6.07, 6.45) is 6.45. The number of nitrogens with zero attached hydrogens (tertiary/aromatic N) is 4. The van der Waals surface area contributed by atoms with Crippen LogP contribution in [-0.2, 0) is 29.3 Å². The Balaban J connectivity index is 1.47. The number of carbonyl (C=O) groups excluding carboxylic acids is 2. The monoisotopic (exact) mass is 626 g/mol. The fourth-order valence-electron chi connectivity index (χ4n) is 5.62. The highest BCUT2D eigenvalue weighted by Crippen LogP contribution is 2.30. The molecule has 0 aliphatic heterocycles. The van der Waals surface area contributed by atoms with Crippen LogP contribution in [-0.4, -0.2) is 59.7 Å². The number of hydrogen-bond donors (Lipinski definition) is 3. The molecule has 0 saturated heterocycles. The summed E-state index contributed by atoms with van der Waals surface area (Å²) in [5.74, 6) is 2.44. The third-order valence-electron chi connectivity index (χ3n) is 7.89. The van der Waals surface area contributed by atoms with Gasteiger partial charge in [-0.25, -0.2) is 9.97 Å². The van der Waals surface area contributed by atoms with Gasteiger partial charge < -0.3 is 24.9 Å². The van der Waals surface area contributed by atoms with Crippen LogP contribution in [0.2, 0.25) is 0 Å². The Hall–Kier alpha value is -4.24. The van der Waals surface area contributed by atoms with Crippen molar-refractivity contribution in [2.24, 2.45) is 11.8 Å². The highest BCUT2D eigenvalue weighted by Gasteiger charge is 2.18. The third kappa shape index (κ3) is 9.16. The van der Waals surface area contributed by atoms with E-state index in [-0.39, 0.29) is 18.4 Å².